The number of carbonyl (C=O) groups is 1. The van der Waals surface area contributed by atoms with Gasteiger partial charge in [0.2, 0.25) is 15.8 Å². The van der Waals surface area contributed by atoms with E-state index in [1.807, 2.05) is 0 Å². The van der Waals surface area contributed by atoms with Crippen molar-refractivity contribution in [2.45, 2.75) is 31.8 Å². The predicted octanol–water partition coefficient (Wildman–Crippen LogP) is 5.28. The standard InChI is InChI=1S/C23H18F5NO3S/c1-13-3-5-15(6-4-13)11-29(12-16-7-9-17(10-8-16)14(2)30)33(31,32)23-21(27)19(25)18(24)20(26)22(23)28/h3-10H,11-12H2,1-2H3. The number of Topliss-reactive ketones (excluding diaryl/α,β-unsaturated/α-hetero) is 1. The van der Waals surface area contributed by atoms with Crippen LogP contribution in [0, 0.1) is 36.0 Å². The number of nitrogens with zero attached hydrogens (tertiary/aromatic N) is 1. The molecule has 0 radical (unpaired) electrons. The first-order valence-corrected chi connectivity index (χ1v) is 11.0. The molecular formula is C23H18F5NO3S. The molecule has 0 amide bonds. The Morgan fingerprint density at radius 1 is 0.727 bits per heavy atom. The summed E-state index contributed by atoms with van der Waals surface area (Å²) in [7, 11) is -5.19. The Balaban J connectivity index is 2.11. The molecule has 0 saturated heterocycles. The van der Waals surface area contributed by atoms with E-state index >= 15 is 0 Å². The number of aryl methyl sites for hydroxylation is 1. The number of ketones is 1. The van der Waals surface area contributed by atoms with Crippen LogP contribution in [0.5, 0.6) is 0 Å². The third kappa shape index (κ3) is 4.96. The van der Waals surface area contributed by atoms with Crippen LogP contribution in [0.15, 0.2) is 53.4 Å². The van der Waals surface area contributed by atoms with Crippen LogP contribution in [-0.2, 0) is 23.1 Å². The first kappa shape index (κ1) is 24.5. The predicted molar refractivity (Wildman–Crippen MR) is 110 cm³/mol. The zero-order valence-corrected chi connectivity index (χ0v) is 18.3. The summed E-state index contributed by atoms with van der Waals surface area (Å²) >= 11 is 0. The quantitative estimate of drug-likeness (QED) is 0.199. The van der Waals surface area contributed by atoms with Crippen LogP contribution in [0.4, 0.5) is 22.0 Å². The van der Waals surface area contributed by atoms with Gasteiger partial charge in [-0.3, -0.25) is 4.79 Å². The molecule has 0 N–H and O–H groups in total. The number of carbonyl (C=O) groups excluding carboxylic acids is 1. The van der Waals surface area contributed by atoms with Crippen molar-refractivity contribution in [1.29, 1.82) is 0 Å². The molecule has 0 atom stereocenters. The molecule has 33 heavy (non-hydrogen) atoms. The van der Waals surface area contributed by atoms with Gasteiger partial charge in [0.1, 0.15) is 0 Å². The van der Waals surface area contributed by atoms with Crippen LogP contribution >= 0.6 is 0 Å². The summed E-state index contributed by atoms with van der Waals surface area (Å²) in [5.74, 6) is -12.3. The van der Waals surface area contributed by atoms with Gasteiger partial charge in [0.25, 0.3) is 0 Å². The molecule has 0 fully saturated rings. The molecule has 0 aliphatic carbocycles. The largest absolute Gasteiger partial charge is 0.295 e. The zero-order chi connectivity index (χ0) is 24.5. The van der Waals surface area contributed by atoms with Gasteiger partial charge in [0, 0.05) is 18.7 Å². The summed E-state index contributed by atoms with van der Waals surface area (Å²) in [6.45, 7) is 2.28. The van der Waals surface area contributed by atoms with E-state index in [9.17, 15) is 35.2 Å². The number of benzene rings is 3. The van der Waals surface area contributed by atoms with Crippen molar-refractivity contribution >= 4 is 15.8 Å². The maximum atomic E-state index is 14.4. The van der Waals surface area contributed by atoms with E-state index in [4.69, 9.17) is 0 Å². The summed E-state index contributed by atoms with van der Waals surface area (Å²) in [5.41, 5.74) is 1.98. The van der Waals surface area contributed by atoms with Crippen LogP contribution < -0.4 is 0 Å². The molecule has 3 aromatic carbocycles. The van der Waals surface area contributed by atoms with Crippen molar-refractivity contribution in [2.24, 2.45) is 0 Å². The smallest absolute Gasteiger partial charge is 0.249 e. The Morgan fingerprint density at radius 2 is 1.12 bits per heavy atom. The van der Waals surface area contributed by atoms with E-state index < -0.39 is 57.1 Å². The Kier molecular flexibility index (Phi) is 6.99. The molecule has 0 spiro atoms. The normalized spacial score (nSPS) is 11.8. The van der Waals surface area contributed by atoms with Gasteiger partial charge in [-0.25, -0.2) is 30.4 Å². The molecule has 0 heterocycles. The summed E-state index contributed by atoms with van der Waals surface area (Å²) in [4.78, 5) is 9.54. The van der Waals surface area contributed by atoms with Gasteiger partial charge in [-0.1, -0.05) is 54.1 Å². The SMILES string of the molecule is CC(=O)c1ccc(CN(Cc2ccc(C)cc2)S(=O)(=O)c2c(F)c(F)c(F)c(F)c2F)cc1. The molecule has 4 nitrogen and oxygen atoms in total. The van der Waals surface area contributed by atoms with E-state index in [-0.39, 0.29) is 5.78 Å². The van der Waals surface area contributed by atoms with Crippen molar-refractivity contribution in [3.63, 3.8) is 0 Å². The number of halogens is 5. The van der Waals surface area contributed by atoms with E-state index in [0.29, 0.717) is 21.0 Å². The highest BCUT2D eigenvalue weighted by molar-refractivity contribution is 7.89. The molecule has 0 bridgehead atoms. The van der Waals surface area contributed by atoms with Crippen molar-refractivity contribution in [1.82, 2.24) is 4.31 Å². The molecule has 3 aromatic rings. The summed E-state index contributed by atoms with van der Waals surface area (Å²) < 4.78 is 96.6. The first-order chi connectivity index (χ1) is 15.4. The first-order valence-electron chi connectivity index (χ1n) is 9.60. The Labute approximate surface area is 187 Å². The highest BCUT2D eigenvalue weighted by atomic mass is 32.2. The highest BCUT2D eigenvalue weighted by Crippen LogP contribution is 2.30. The van der Waals surface area contributed by atoms with Crippen molar-refractivity contribution in [3.8, 4) is 0 Å². The fourth-order valence-corrected chi connectivity index (χ4v) is 4.64. The van der Waals surface area contributed by atoms with Crippen LogP contribution in [0.1, 0.15) is 34.0 Å². The number of hydrogen-bond donors (Lipinski definition) is 0. The lowest BCUT2D eigenvalue weighted by Crippen LogP contribution is -2.32. The Bertz CT molecular complexity index is 1280. The summed E-state index contributed by atoms with van der Waals surface area (Å²) in [5, 5.41) is 0. The lowest BCUT2D eigenvalue weighted by molar-refractivity contribution is 0.101. The second kappa shape index (κ2) is 9.40. The minimum atomic E-state index is -5.19. The maximum absolute atomic E-state index is 14.4. The third-order valence-electron chi connectivity index (χ3n) is 4.97. The number of rotatable bonds is 7. The fourth-order valence-electron chi connectivity index (χ4n) is 3.11. The minimum absolute atomic E-state index is 0.230. The fraction of sp³-hybridized carbons (Fsp3) is 0.174. The molecule has 0 saturated carbocycles. The monoisotopic (exact) mass is 483 g/mol. The molecular weight excluding hydrogens is 465 g/mol. The van der Waals surface area contributed by atoms with Gasteiger partial charge in [-0.2, -0.15) is 4.31 Å². The van der Waals surface area contributed by atoms with Crippen LogP contribution in [-0.4, -0.2) is 18.5 Å². The van der Waals surface area contributed by atoms with Crippen molar-refractivity contribution < 1.29 is 35.2 Å². The molecule has 0 aliphatic heterocycles. The maximum Gasteiger partial charge on any atom is 0.249 e. The van der Waals surface area contributed by atoms with Gasteiger partial charge in [-0.05, 0) is 25.0 Å². The zero-order valence-electron chi connectivity index (χ0n) is 17.5. The third-order valence-corrected chi connectivity index (χ3v) is 6.78. The lowest BCUT2D eigenvalue weighted by Gasteiger charge is -2.23. The minimum Gasteiger partial charge on any atom is -0.295 e. The van der Waals surface area contributed by atoms with Gasteiger partial charge < -0.3 is 0 Å². The molecule has 0 aliphatic rings. The molecule has 174 valence electrons. The Morgan fingerprint density at radius 3 is 1.55 bits per heavy atom. The van der Waals surface area contributed by atoms with Crippen LogP contribution in [0.3, 0.4) is 0 Å². The Hall–Kier alpha value is -3.11. The molecule has 0 aromatic heterocycles. The molecule has 3 rings (SSSR count). The number of hydrogen-bond acceptors (Lipinski definition) is 3. The van der Waals surface area contributed by atoms with E-state index in [1.165, 1.54) is 31.2 Å². The van der Waals surface area contributed by atoms with Crippen molar-refractivity contribution in [2.75, 3.05) is 0 Å². The van der Waals surface area contributed by atoms with E-state index in [0.717, 1.165) is 5.56 Å². The van der Waals surface area contributed by atoms with Gasteiger partial charge in [-0.15, -0.1) is 0 Å². The molecule has 0 unspecified atom stereocenters. The van der Waals surface area contributed by atoms with Gasteiger partial charge in [0.15, 0.2) is 33.9 Å². The average molecular weight is 483 g/mol. The van der Waals surface area contributed by atoms with Gasteiger partial charge >= 0.3 is 0 Å². The summed E-state index contributed by atoms with van der Waals surface area (Å²) in [6, 6.07) is 12.3. The van der Waals surface area contributed by atoms with E-state index in [1.54, 1.807) is 31.2 Å². The topological polar surface area (TPSA) is 54.5 Å². The second-order valence-electron chi connectivity index (χ2n) is 7.41. The van der Waals surface area contributed by atoms with Crippen LogP contribution in [0.25, 0.3) is 0 Å². The lowest BCUT2D eigenvalue weighted by atomic mass is 10.1. The van der Waals surface area contributed by atoms with Crippen LogP contribution in [0.2, 0.25) is 0 Å². The van der Waals surface area contributed by atoms with Gasteiger partial charge in [0.05, 0.1) is 0 Å². The average Bonchev–Trinajstić information content (AvgIpc) is 2.77. The molecule has 10 heteroatoms. The summed E-state index contributed by atoms with van der Waals surface area (Å²) in [6.07, 6.45) is 0. The number of sulfonamides is 1. The second-order valence-corrected chi connectivity index (χ2v) is 9.29. The highest BCUT2D eigenvalue weighted by Gasteiger charge is 2.37. The van der Waals surface area contributed by atoms with E-state index in [2.05, 4.69) is 0 Å². The van der Waals surface area contributed by atoms with Crippen molar-refractivity contribution in [3.05, 3.63) is 99.9 Å².